The molecule has 3 nitrogen and oxygen atoms in total. The fraction of sp³-hybridized carbons (Fsp3) is 0. The number of rotatable bonds is 2. The first-order valence-corrected chi connectivity index (χ1v) is 9.13. The lowest BCUT2D eigenvalue weighted by molar-refractivity contribution is 1.23. The Hall–Kier alpha value is -3.85. The van der Waals surface area contributed by atoms with Gasteiger partial charge in [0, 0.05) is 24.2 Å². The van der Waals surface area contributed by atoms with Crippen LogP contribution < -0.4 is 0 Å². The average Bonchev–Trinajstić information content (AvgIpc) is 2.81. The van der Waals surface area contributed by atoms with Gasteiger partial charge >= 0.3 is 0 Å². The van der Waals surface area contributed by atoms with E-state index in [1.807, 2.05) is 48.5 Å². The van der Waals surface area contributed by atoms with E-state index in [-0.39, 0.29) is 0 Å². The number of aromatic nitrogens is 3. The molecule has 2 aromatic carbocycles. The van der Waals surface area contributed by atoms with Gasteiger partial charge in [-0.2, -0.15) is 0 Å². The lowest BCUT2D eigenvalue weighted by Gasteiger charge is -2.06. The molecular formula is C25H19N3. The van der Waals surface area contributed by atoms with Gasteiger partial charge in [-0.15, -0.1) is 0 Å². The second-order valence-corrected chi connectivity index (χ2v) is 6.18. The fourth-order valence-electron chi connectivity index (χ4n) is 2.97. The van der Waals surface area contributed by atoms with Gasteiger partial charge in [0.15, 0.2) is 0 Å². The van der Waals surface area contributed by atoms with E-state index < -0.39 is 0 Å². The molecule has 0 atom stereocenters. The molecule has 3 aromatic heterocycles. The predicted octanol–water partition coefficient (Wildman–Crippen LogP) is 6.05. The molecule has 0 aliphatic rings. The van der Waals surface area contributed by atoms with Gasteiger partial charge in [0.05, 0.1) is 17.1 Å². The van der Waals surface area contributed by atoms with Crippen LogP contribution in [0.15, 0.2) is 116 Å². The molecule has 0 aliphatic carbocycles. The molecule has 134 valence electrons. The number of hydrogen-bond acceptors (Lipinski definition) is 3. The van der Waals surface area contributed by atoms with Crippen LogP contribution in [-0.2, 0) is 0 Å². The molecule has 28 heavy (non-hydrogen) atoms. The third kappa shape index (κ3) is 4.10. The Morgan fingerprint density at radius 1 is 0.393 bits per heavy atom. The van der Waals surface area contributed by atoms with E-state index in [1.165, 1.54) is 10.8 Å². The summed E-state index contributed by atoms with van der Waals surface area (Å²) in [6, 6.07) is 32.3. The first kappa shape index (κ1) is 17.6. The van der Waals surface area contributed by atoms with Crippen molar-refractivity contribution in [1.82, 2.24) is 15.0 Å². The van der Waals surface area contributed by atoms with E-state index in [9.17, 15) is 0 Å². The SMILES string of the molecule is c1ccc(-c2cccnc2-c2ccccn2)nc1.c1ccc2ccccc2c1. The Labute approximate surface area is 164 Å². The van der Waals surface area contributed by atoms with E-state index in [0.29, 0.717) is 0 Å². The third-order valence-electron chi connectivity index (χ3n) is 4.31. The minimum absolute atomic E-state index is 0.858. The third-order valence-corrected chi connectivity index (χ3v) is 4.31. The van der Waals surface area contributed by atoms with Crippen LogP contribution in [0.25, 0.3) is 33.4 Å². The number of benzene rings is 2. The van der Waals surface area contributed by atoms with Crippen LogP contribution in [0.1, 0.15) is 0 Å². The maximum Gasteiger partial charge on any atom is 0.0980 e. The lowest BCUT2D eigenvalue weighted by Crippen LogP contribution is -1.92. The highest BCUT2D eigenvalue weighted by Crippen LogP contribution is 2.26. The number of pyridine rings is 3. The fourth-order valence-corrected chi connectivity index (χ4v) is 2.97. The Bertz CT molecular complexity index is 1030. The van der Waals surface area contributed by atoms with Crippen molar-refractivity contribution in [3.8, 4) is 22.6 Å². The van der Waals surface area contributed by atoms with Crippen LogP contribution in [0.2, 0.25) is 0 Å². The van der Waals surface area contributed by atoms with Gasteiger partial charge < -0.3 is 0 Å². The molecule has 0 fully saturated rings. The van der Waals surface area contributed by atoms with Crippen LogP contribution in [0.4, 0.5) is 0 Å². The Balaban J connectivity index is 0.000000162. The summed E-state index contributed by atoms with van der Waals surface area (Å²) in [5.41, 5.74) is 3.62. The van der Waals surface area contributed by atoms with Gasteiger partial charge in [0.2, 0.25) is 0 Å². The topological polar surface area (TPSA) is 38.7 Å². The summed E-state index contributed by atoms with van der Waals surface area (Å²) >= 11 is 0. The highest BCUT2D eigenvalue weighted by molar-refractivity contribution is 5.82. The van der Waals surface area contributed by atoms with Crippen molar-refractivity contribution in [2.45, 2.75) is 0 Å². The van der Waals surface area contributed by atoms with Gasteiger partial charge in [-0.3, -0.25) is 15.0 Å². The molecule has 3 heteroatoms. The van der Waals surface area contributed by atoms with E-state index in [1.54, 1.807) is 18.6 Å². The Morgan fingerprint density at radius 2 is 0.893 bits per heavy atom. The van der Waals surface area contributed by atoms with Crippen molar-refractivity contribution < 1.29 is 0 Å². The summed E-state index contributed by atoms with van der Waals surface area (Å²) in [5.74, 6) is 0. The van der Waals surface area contributed by atoms with E-state index in [2.05, 4.69) is 63.5 Å². The maximum absolute atomic E-state index is 4.42. The summed E-state index contributed by atoms with van der Waals surface area (Å²) < 4.78 is 0. The monoisotopic (exact) mass is 361 g/mol. The summed E-state index contributed by atoms with van der Waals surface area (Å²) in [6.07, 6.45) is 5.33. The number of hydrogen-bond donors (Lipinski definition) is 0. The van der Waals surface area contributed by atoms with Gasteiger partial charge in [0.25, 0.3) is 0 Å². The summed E-state index contributed by atoms with van der Waals surface area (Å²) in [4.78, 5) is 13.1. The normalized spacial score (nSPS) is 10.1. The van der Waals surface area contributed by atoms with E-state index in [4.69, 9.17) is 0 Å². The predicted molar refractivity (Wildman–Crippen MR) is 115 cm³/mol. The molecule has 0 N–H and O–H groups in total. The molecule has 0 aliphatic heterocycles. The number of fused-ring (bicyclic) bond motifs is 1. The van der Waals surface area contributed by atoms with Crippen molar-refractivity contribution in [2.75, 3.05) is 0 Å². The van der Waals surface area contributed by atoms with Crippen molar-refractivity contribution in [3.05, 3.63) is 116 Å². The van der Waals surface area contributed by atoms with Crippen LogP contribution in [-0.4, -0.2) is 15.0 Å². The molecule has 0 saturated carbocycles. The largest absolute Gasteiger partial charge is 0.256 e. The Kier molecular flexibility index (Phi) is 5.45. The Morgan fingerprint density at radius 3 is 1.43 bits per heavy atom. The molecular weight excluding hydrogens is 342 g/mol. The molecule has 5 rings (SSSR count). The zero-order valence-electron chi connectivity index (χ0n) is 15.3. The molecule has 0 radical (unpaired) electrons. The van der Waals surface area contributed by atoms with Crippen LogP contribution in [0, 0.1) is 0 Å². The van der Waals surface area contributed by atoms with Gasteiger partial charge in [-0.25, -0.2) is 0 Å². The first-order valence-electron chi connectivity index (χ1n) is 9.13. The molecule has 0 amide bonds. The van der Waals surface area contributed by atoms with Gasteiger partial charge in [-0.05, 0) is 47.2 Å². The van der Waals surface area contributed by atoms with Crippen LogP contribution in [0.3, 0.4) is 0 Å². The number of nitrogens with zero attached hydrogens (tertiary/aromatic N) is 3. The molecule has 0 bridgehead atoms. The van der Waals surface area contributed by atoms with Crippen molar-refractivity contribution in [2.24, 2.45) is 0 Å². The van der Waals surface area contributed by atoms with Crippen molar-refractivity contribution in [3.63, 3.8) is 0 Å². The minimum Gasteiger partial charge on any atom is -0.256 e. The molecule has 3 heterocycles. The quantitative estimate of drug-likeness (QED) is 0.384. The van der Waals surface area contributed by atoms with E-state index in [0.717, 1.165) is 22.6 Å². The van der Waals surface area contributed by atoms with Gasteiger partial charge in [0.1, 0.15) is 0 Å². The highest BCUT2D eigenvalue weighted by Gasteiger charge is 2.09. The second-order valence-electron chi connectivity index (χ2n) is 6.18. The van der Waals surface area contributed by atoms with Crippen LogP contribution in [0.5, 0.6) is 0 Å². The highest BCUT2D eigenvalue weighted by atomic mass is 14.8. The average molecular weight is 361 g/mol. The summed E-state index contributed by atoms with van der Waals surface area (Å²) in [7, 11) is 0. The molecule has 5 aromatic rings. The van der Waals surface area contributed by atoms with E-state index >= 15 is 0 Å². The summed E-state index contributed by atoms with van der Waals surface area (Å²) in [5, 5.41) is 2.62. The zero-order chi connectivity index (χ0) is 19.0. The second kappa shape index (κ2) is 8.69. The molecule has 0 unspecified atom stereocenters. The first-order chi connectivity index (χ1) is 13.9. The van der Waals surface area contributed by atoms with Crippen molar-refractivity contribution in [1.29, 1.82) is 0 Å². The standard InChI is InChI=1S/C15H11N3.C10H8/c1-3-9-16-13(7-1)12-6-5-11-18-15(12)14-8-2-4-10-17-14;1-2-6-10-8-4-3-7-9(10)5-1/h1-11H;1-8H. The van der Waals surface area contributed by atoms with Crippen LogP contribution >= 0.6 is 0 Å². The smallest absolute Gasteiger partial charge is 0.0980 e. The molecule has 0 saturated heterocycles. The van der Waals surface area contributed by atoms with Gasteiger partial charge in [-0.1, -0.05) is 60.7 Å². The minimum atomic E-state index is 0.858. The van der Waals surface area contributed by atoms with Crippen molar-refractivity contribution >= 4 is 10.8 Å². The zero-order valence-corrected chi connectivity index (χ0v) is 15.3. The molecule has 0 spiro atoms. The summed E-state index contributed by atoms with van der Waals surface area (Å²) in [6.45, 7) is 0. The lowest BCUT2D eigenvalue weighted by atomic mass is 10.1. The maximum atomic E-state index is 4.42.